The summed E-state index contributed by atoms with van der Waals surface area (Å²) in [6.07, 6.45) is 0.236. The molecule has 0 radical (unpaired) electrons. The third kappa shape index (κ3) is 2.50. The Morgan fingerprint density at radius 3 is 2.19 bits per heavy atom. The molecular weight excluding hydrogens is 280 g/mol. The second-order valence-corrected chi connectivity index (χ2v) is 4.65. The maximum atomic E-state index is 11.9. The minimum atomic E-state index is -0.919. The largest absolute Gasteiger partial charge is 0.493 e. The number of hydrogen-bond donors (Lipinski definition) is 4. The zero-order valence-corrected chi connectivity index (χ0v) is 11.5. The average molecular weight is 296 g/mol. The molecular formula is C13H16N2O6. The summed E-state index contributed by atoms with van der Waals surface area (Å²) in [5.74, 6) is -2.28. The number of methoxy groups -OCH3 is 2. The van der Waals surface area contributed by atoms with Gasteiger partial charge in [0, 0.05) is 0 Å². The van der Waals surface area contributed by atoms with Crippen molar-refractivity contribution in [3.63, 3.8) is 0 Å². The number of nitrogens with one attached hydrogen (secondary N) is 2. The molecule has 1 aromatic rings. The lowest BCUT2D eigenvalue weighted by molar-refractivity contribution is -0.140. The number of hydroxylamine groups is 2. The van der Waals surface area contributed by atoms with Crippen LogP contribution in [0.1, 0.15) is 17.0 Å². The van der Waals surface area contributed by atoms with Crippen LogP contribution >= 0.6 is 0 Å². The Hall–Kier alpha value is -2.32. The number of carbonyl (C=O) groups excluding carboxylic acids is 2. The summed E-state index contributed by atoms with van der Waals surface area (Å²) in [7, 11) is 2.94. The summed E-state index contributed by atoms with van der Waals surface area (Å²) in [6, 6.07) is 3.27. The highest BCUT2D eigenvalue weighted by atomic mass is 16.5. The van der Waals surface area contributed by atoms with Crippen molar-refractivity contribution in [1.29, 1.82) is 0 Å². The van der Waals surface area contributed by atoms with Gasteiger partial charge in [0.25, 0.3) is 5.91 Å². The molecule has 114 valence electrons. The summed E-state index contributed by atoms with van der Waals surface area (Å²) in [4.78, 5) is 23.6. The fourth-order valence-corrected chi connectivity index (χ4v) is 2.70. The lowest BCUT2D eigenvalue weighted by Crippen LogP contribution is -2.37. The monoisotopic (exact) mass is 296 g/mol. The molecule has 2 amide bonds. The zero-order chi connectivity index (χ0) is 15.6. The lowest BCUT2D eigenvalue weighted by Gasteiger charge is -2.17. The molecule has 8 nitrogen and oxygen atoms in total. The smallest absolute Gasteiger partial charge is 0.251 e. The van der Waals surface area contributed by atoms with Crippen LogP contribution in [0.15, 0.2) is 12.1 Å². The Bertz CT molecular complexity index is 574. The molecule has 0 bridgehead atoms. The number of fused-ring (bicyclic) bond motifs is 1. The van der Waals surface area contributed by atoms with Gasteiger partial charge in [0.1, 0.15) is 0 Å². The molecule has 0 saturated heterocycles. The van der Waals surface area contributed by atoms with Crippen molar-refractivity contribution in [2.45, 2.75) is 12.3 Å². The van der Waals surface area contributed by atoms with Crippen molar-refractivity contribution in [1.82, 2.24) is 11.0 Å². The van der Waals surface area contributed by atoms with Crippen LogP contribution in [0.25, 0.3) is 0 Å². The molecule has 0 aliphatic heterocycles. The van der Waals surface area contributed by atoms with Gasteiger partial charge >= 0.3 is 0 Å². The van der Waals surface area contributed by atoms with Gasteiger partial charge in [0.2, 0.25) is 5.91 Å². The number of benzene rings is 1. The molecule has 4 N–H and O–H groups in total. The first-order valence-corrected chi connectivity index (χ1v) is 6.20. The van der Waals surface area contributed by atoms with Crippen LogP contribution in [-0.4, -0.2) is 36.4 Å². The maximum Gasteiger partial charge on any atom is 0.251 e. The number of carbonyl (C=O) groups is 2. The Kier molecular flexibility index (Phi) is 4.29. The van der Waals surface area contributed by atoms with Crippen LogP contribution in [0.3, 0.4) is 0 Å². The topological polar surface area (TPSA) is 117 Å². The average Bonchev–Trinajstić information content (AvgIpc) is 2.89. The van der Waals surface area contributed by atoms with E-state index >= 15 is 0 Å². The maximum absolute atomic E-state index is 11.9. The van der Waals surface area contributed by atoms with E-state index in [1.807, 2.05) is 0 Å². The van der Waals surface area contributed by atoms with Gasteiger partial charge in [-0.25, -0.2) is 11.0 Å². The molecule has 21 heavy (non-hydrogen) atoms. The van der Waals surface area contributed by atoms with Gasteiger partial charge in [-0.3, -0.25) is 20.0 Å². The molecule has 1 aliphatic carbocycles. The standard InChI is InChI=1S/C13H16N2O6/c1-20-9-4-6-3-8(12(16)14-18)11(13(17)15-19)7(6)5-10(9)21-2/h4-5,8,11,18-19H,3H2,1-2H3,(H,14,16)(H,15,17). The van der Waals surface area contributed by atoms with Gasteiger partial charge in [-0.15, -0.1) is 0 Å². The highest BCUT2D eigenvalue weighted by molar-refractivity contribution is 5.92. The summed E-state index contributed by atoms with van der Waals surface area (Å²) < 4.78 is 10.4. The Morgan fingerprint density at radius 2 is 1.67 bits per heavy atom. The van der Waals surface area contributed by atoms with Gasteiger partial charge in [0.15, 0.2) is 11.5 Å². The Morgan fingerprint density at radius 1 is 1.10 bits per heavy atom. The minimum Gasteiger partial charge on any atom is -0.493 e. The molecule has 1 aromatic carbocycles. The quantitative estimate of drug-likeness (QED) is 0.458. The van der Waals surface area contributed by atoms with Gasteiger partial charge < -0.3 is 9.47 Å². The van der Waals surface area contributed by atoms with Gasteiger partial charge in [-0.1, -0.05) is 0 Å². The third-order valence-electron chi connectivity index (χ3n) is 3.66. The van der Waals surface area contributed by atoms with Crippen molar-refractivity contribution in [2.75, 3.05) is 14.2 Å². The third-order valence-corrected chi connectivity index (χ3v) is 3.66. The van der Waals surface area contributed by atoms with E-state index in [9.17, 15) is 9.59 Å². The van der Waals surface area contributed by atoms with E-state index in [0.717, 1.165) is 5.56 Å². The normalized spacial score (nSPS) is 19.6. The first-order valence-electron chi connectivity index (χ1n) is 6.20. The lowest BCUT2D eigenvalue weighted by atomic mass is 9.91. The molecule has 2 rings (SSSR count). The van der Waals surface area contributed by atoms with E-state index in [2.05, 4.69) is 0 Å². The molecule has 1 aliphatic rings. The molecule has 8 heteroatoms. The number of ether oxygens (including phenoxy) is 2. The van der Waals surface area contributed by atoms with Crippen LogP contribution in [0.2, 0.25) is 0 Å². The van der Waals surface area contributed by atoms with Gasteiger partial charge in [-0.2, -0.15) is 0 Å². The van der Waals surface area contributed by atoms with Crippen molar-refractivity contribution in [2.24, 2.45) is 5.92 Å². The van der Waals surface area contributed by atoms with Crippen LogP contribution in [-0.2, 0) is 16.0 Å². The van der Waals surface area contributed by atoms with Crippen molar-refractivity contribution < 1.29 is 29.5 Å². The molecule has 0 spiro atoms. The highest BCUT2D eigenvalue weighted by Crippen LogP contribution is 2.43. The van der Waals surface area contributed by atoms with Crippen LogP contribution in [0.4, 0.5) is 0 Å². The molecule has 0 heterocycles. The first kappa shape index (κ1) is 15.1. The number of hydrogen-bond acceptors (Lipinski definition) is 6. The SMILES string of the molecule is COc1cc2c(cc1OC)C(C(=O)NO)C(C(=O)NO)C2. The fraction of sp³-hybridized carbons (Fsp3) is 0.385. The molecule has 2 unspecified atom stereocenters. The van der Waals surface area contributed by atoms with E-state index in [4.69, 9.17) is 19.9 Å². The second kappa shape index (κ2) is 5.98. The van der Waals surface area contributed by atoms with E-state index < -0.39 is 23.7 Å². The highest BCUT2D eigenvalue weighted by Gasteiger charge is 2.42. The van der Waals surface area contributed by atoms with Gasteiger partial charge in [-0.05, 0) is 29.7 Å². The van der Waals surface area contributed by atoms with Crippen LogP contribution in [0.5, 0.6) is 11.5 Å². The number of rotatable bonds is 4. The van der Waals surface area contributed by atoms with E-state index in [-0.39, 0.29) is 6.42 Å². The van der Waals surface area contributed by atoms with Crippen molar-refractivity contribution in [3.05, 3.63) is 23.3 Å². The Balaban J connectivity index is 2.52. The predicted octanol–water partition coefficient (Wildman–Crippen LogP) is -0.0295. The van der Waals surface area contributed by atoms with Gasteiger partial charge in [0.05, 0.1) is 26.1 Å². The zero-order valence-electron chi connectivity index (χ0n) is 11.5. The number of amides is 2. The molecule has 0 aromatic heterocycles. The summed E-state index contributed by atoms with van der Waals surface area (Å²) in [5.41, 5.74) is 4.36. The summed E-state index contributed by atoms with van der Waals surface area (Å²) in [5, 5.41) is 17.7. The predicted molar refractivity (Wildman–Crippen MR) is 69.3 cm³/mol. The molecule has 0 saturated carbocycles. The van der Waals surface area contributed by atoms with E-state index in [0.29, 0.717) is 17.1 Å². The first-order chi connectivity index (χ1) is 10.1. The van der Waals surface area contributed by atoms with Crippen LogP contribution < -0.4 is 20.4 Å². The molecule has 2 atom stereocenters. The Labute approximate surface area is 120 Å². The van der Waals surface area contributed by atoms with Crippen molar-refractivity contribution in [3.8, 4) is 11.5 Å². The second-order valence-electron chi connectivity index (χ2n) is 4.65. The van der Waals surface area contributed by atoms with Crippen LogP contribution in [0, 0.1) is 5.92 Å². The fourth-order valence-electron chi connectivity index (χ4n) is 2.70. The minimum absolute atomic E-state index is 0.236. The summed E-state index contributed by atoms with van der Waals surface area (Å²) >= 11 is 0. The van der Waals surface area contributed by atoms with Crippen molar-refractivity contribution >= 4 is 11.8 Å². The van der Waals surface area contributed by atoms with E-state index in [1.54, 1.807) is 23.1 Å². The van der Waals surface area contributed by atoms with E-state index in [1.165, 1.54) is 14.2 Å². The summed E-state index contributed by atoms with van der Waals surface area (Å²) in [6.45, 7) is 0. The molecule has 0 fully saturated rings.